The van der Waals surface area contributed by atoms with Crippen LogP contribution in [0.2, 0.25) is 0 Å². The third-order valence-electron chi connectivity index (χ3n) is 5.09. The van der Waals surface area contributed by atoms with Gasteiger partial charge in [-0.15, -0.1) is 0 Å². The summed E-state index contributed by atoms with van der Waals surface area (Å²) in [6.07, 6.45) is 2.76. The Balaban J connectivity index is 1.55. The number of aromatic nitrogens is 3. The van der Waals surface area contributed by atoms with Crippen LogP contribution in [0.15, 0.2) is 77.8 Å². The van der Waals surface area contributed by atoms with Crippen molar-refractivity contribution in [2.75, 3.05) is 11.6 Å². The molecular weight excluding hydrogens is 452 g/mol. The topological polar surface area (TPSA) is 144 Å². The third kappa shape index (κ3) is 4.86. The van der Waals surface area contributed by atoms with Crippen molar-refractivity contribution in [1.82, 2.24) is 14.8 Å². The summed E-state index contributed by atoms with van der Waals surface area (Å²) in [5, 5.41) is 14.8. The van der Waals surface area contributed by atoms with Crippen molar-refractivity contribution in [3.05, 3.63) is 89.9 Å². The average Bonchev–Trinajstić information content (AvgIpc) is 3.21. The van der Waals surface area contributed by atoms with Crippen LogP contribution in [0.4, 0.5) is 5.82 Å². The Kier molecular flexibility index (Phi) is 5.99. The van der Waals surface area contributed by atoms with Crippen molar-refractivity contribution in [3.8, 4) is 16.8 Å². The van der Waals surface area contributed by atoms with Gasteiger partial charge in [-0.05, 0) is 55.0 Å². The van der Waals surface area contributed by atoms with Crippen molar-refractivity contribution < 1.29 is 13.2 Å². The van der Waals surface area contributed by atoms with Crippen molar-refractivity contribution in [3.63, 3.8) is 0 Å². The van der Waals surface area contributed by atoms with Crippen molar-refractivity contribution in [1.29, 1.82) is 5.41 Å². The molecule has 10 heteroatoms. The SMILES string of the molecule is Cc1cc(C(=O)Nc2ccc(-c3ccc(S(C)(=O)=O)cc3)cn2)n(-c2cccc(C(=N)N)c2)n1. The molecule has 9 nitrogen and oxygen atoms in total. The highest BCUT2D eigenvalue weighted by Gasteiger charge is 2.17. The summed E-state index contributed by atoms with van der Waals surface area (Å²) in [7, 11) is -3.26. The lowest BCUT2D eigenvalue weighted by atomic mass is 10.1. The summed E-state index contributed by atoms with van der Waals surface area (Å²) in [5.74, 6) is -0.122. The first kappa shape index (κ1) is 22.9. The standard InChI is InChI=1S/C24H22N6O3S/c1-15-12-21(30(29-15)19-5-3-4-17(13-19)23(25)26)24(31)28-22-11-8-18(14-27-22)16-6-9-20(10-7-16)34(2,32)33/h3-14H,1-2H3,(H3,25,26)(H,27,28,31). The first-order chi connectivity index (χ1) is 16.1. The van der Waals surface area contributed by atoms with Crippen LogP contribution >= 0.6 is 0 Å². The number of amidine groups is 1. The molecule has 0 aliphatic carbocycles. The number of sulfone groups is 1. The van der Waals surface area contributed by atoms with Crippen molar-refractivity contribution >= 4 is 27.4 Å². The fourth-order valence-electron chi connectivity index (χ4n) is 3.38. The maximum atomic E-state index is 13.0. The molecule has 0 fully saturated rings. The lowest BCUT2D eigenvalue weighted by Crippen LogP contribution is -2.18. The molecule has 1 amide bonds. The number of rotatable bonds is 6. The van der Waals surface area contributed by atoms with E-state index in [4.69, 9.17) is 11.1 Å². The fourth-order valence-corrected chi connectivity index (χ4v) is 4.01. The van der Waals surface area contributed by atoms with Gasteiger partial charge in [0.05, 0.1) is 16.3 Å². The predicted octanol–water partition coefficient (Wildman–Crippen LogP) is 3.18. The summed E-state index contributed by atoms with van der Waals surface area (Å²) in [4.78, 5) is 17.5. The number of anilines is 1. The number of carbonyl (C=O) groups is 1. The molecule has 0 spiro atoms. The van der Waals surface area contributed by atoms with Crippen molar-refractivity contribution in [2.24, 2.45) is 5.73 Å². The molecule has 34 heavy (non-hydrogen) atoms. The summed E-state index contributed by atoms with van der Waals surface area (Å²) >= 11 is 0. The van der Waals surface area contributed by atoms with Crippen LogP contribution in [0.3, 0.4) is 0 Å². The van der Waals surface area contributed by atoms with Gasteiger partial charge in [-0.2, -0.15) is 5.10 Å². The first-order valence-corrected chi connectivity index (χ1v) is 12.1. The number of amides is 1. The number of pyridine rings is 1. The first-order valence-electron chi connectivity index (χ1n) is 10.2. The van der Waals surface area contributed by atoms with E-state index in [1.165, 1.54) is 4.68 Å². The van der Waals surface area contributed by atoms with Crippen LogP contribution in [0, 0.1) is 12.3 Å². The number of nitrogens with zero attached hydrogens (tertiary/aromatic N) is 3. The molecule has 4 aromatic rings. The highest BCUT2D eigenvalue weighted by atomic mass is 32.2. The Labute approximate surface area is 196 Å². The van der Waals surface area contributed by atoms with E-state index in [9.17, 15) is 13.2 Å². The molecule has 0 saturated carbocycles. The van der Waals surface area contributed by atoms with Gasteiger partial charge in [0.1, 0.15) is 17.3 Å². The molecule has 0 unspecified atom stereocenters. The second-order valence-electron chi connectivity index (χ2n) is 7.73. The normalized spacial score (nSPS) is 11.2. The zero-order chi connectivity index (χ0) is 24.5. The summed E-state index contributed by atoms with van der Waals surface area (Å²) in [5.41, 5.74) is 9.25. The fraction of sp³-hybridized carbons (Fsp3) is 0.0833. The van der Waals surface area contributed by atoms with Crippen LogP contribution in [-0.2, 0) is 9.84 Å². The molecule has 2 aromatic heterocycles. The zero-order valence-electron chi connectivity index (χ0n) is 18.5. The third-order valence-corrected chi connectivity index (χ3v) is 6.22. The summed E-state index contributed by atoms with van der Waals surface area (Å²) in [6, 6.07) is 18.5. The highest BCUT2D eigenvalue weighted by Crippen LogP contribution is 2.22. The van der Waals surface area contributed by atoms with Crippen molar-refractivity contribution in [2.45, 2.75) is 11.8 Å². The Morgan fingerprint density at radius 2 is 1.74 bits per heavy atom. The number of hydrogen-bond donors (Lipinski definition) is 3. The molecule has 0 saturated heterocycles. The molecule has 2 aromatic carbocycles. The van der Waals surface area contributed by atoms with E-state index in [1.807, 2.05) is 0 Å². The van der Waals surface area contributed by atoms with Gasteiger partial charge in [0.25, 0.3) is 5.91 Å². The lowest BCUT2D eigenvalue weighted by Gasteiger charge is -2.10. The molecule has 172 valence electrons. The van der Waals surface area contributed by atoms with E-state index in [1.54, 1.807) is 79.9 Å². The molecule has 0 atom stereocenters. The Hall–Kier alpha value is -4.31. The maximum absolute atomic E-state index is 13.0. The number of nitrogens with one attached hydrogen (secondary N) is 2. The van der Waals surface area contributed by atoms with E-state index in [-0.39, 0.29) is 10.7 Å². The average molecular weight is 475 g/mol. The lowest BCUT2D eigenvalue weighted by molar-refractivity contribution is 0.101. The van der Waals surface area contributed by atoms with E-state index in [2.05, 4.69) is 15.4 Å². The second kappa shape index (κ2) is 8.91. The minimum absolute atomic E-state index is 0.0769. The van der Waals surface area contributed by atoms with Crippen LogP contribution in [-0.4, -0.2) is 41.2 Å². The van der Waals surface area contributed by atoms with Gasteiger partial charge >= 0.3 is 0 Å². The molecular formula is C24H22N6O3S. The van der Waals surface area contributed by atoms with E-state index < -0.39 is 15.7 Å². The van der Waals surface area contributed by atoms with Gasteiger partial charge < -0.3 is 11.1 Å². The predicted molar refractivity (Wildman–Crippen MR) is 130 cm³/mol. The second-order valence-corrected chi connectivity index (χ2v) is 9.75. The smallest absolute Gasteiger partial charge is 0.275 e. The molecule has 0 aliphatic heterocycles. The maximum Gasteiger partial charge on any atom is 0.275 e. The number of benzene rings is 2. The van der Waals surface area contributed by atoms with Crippen LogP contribution < -0.4 is 11.1 Å². The molecule has 2 heterocycles. The van der Waals surface area contributed by atoms with Gasteiger partial charge in [-0.25, -0.2) is 18.1 Å². The van der Waals surface area contributed by atoms with Crippen LogP contribution in [0.1, 0.15) is 21.7 Å². The minimum atomic E-state index is -3.26. The Bertz CT molecular complexity index is 1490. The molecule has 0 bridgehead atoms. The van der Waals surface area contributed by atoms with Gasteiger partial charge in [0, 0.05) is 23.6 Å². The molecule has 4 N–H and O–H groups in total. The van der Waals surface area contributed by atoms with E-state index in [0.29, 0.717) is 28.5 Å². The van der Waals surface area contributed by atoms with Gasteiger partial charge in [-0.3, -0.25) is 10.2 Å². The summed E-state index contributed by atoms with van der Waals surface area (Å²) in [6.45, 7) is 1.78. The number of nitrogen functional groups attached to an aromatic ring is 1. The number of hydrogen-bond acceptors (Lipinski definition) is 6. The molecule has 0 radical (unpaired) electrons. The van der Waals surface area contributed by atoms with Crippen LogP contribution in [0.25, 0.3) is 16.8 Å². The Morgan fingerprint density at radius 1 is 1.03 bits per heavy atom. The van der Waals surface area contributed by atoms with Gasteiger partial charge in [0.15, 0.2) is 9.84 Å². The number of aryl methyl sites for hydroxylation is 1. The Morgan fingerprint density at radius 3 is 2.35 bits per heavy atom. The van der Waals surface area contributed by atoms with Gasteiger partial charge in [0.2, 0.25) is 0 Å². The van der Waals surface area contributed by atoms with E-state index >= 15 is 0 Å². The number of carbonyl (C=O) groups excluding carboxylic acids is 1. The monoisotopic (exact) mass is 474 g/mol. The quantitative estimate of drug-likeness (QED) is 0.289. The summed E-state index contributed by atoms with van der Waals surface area (Å²) < 4.78 is 24.8. The van der Waals surface area contributed by atoms with E-state index in [0.717, 1.165) is 17.4 Å². The van der Waals surface area contributed by atoms with Gasteiger partial charge in [-0.1, -0.05) is 24.3 Å². The minimum Gasteiger partial charge on any atom is -0.384 e. The number of nitrogens with two attached hydrogens (primary N) is 1. The zero-order valence-corrected chi connectivity index (χ0v) is 19.3. The largest absolute Gasteiger partial charge is 0.384 e. The molecule has 4 rings (SSSR count). The highest BCUT2D eigenvalue weighted by molar-refractivity contribution is 7.90. The van der Waals surface area contributed by atoms with Crippen LogP contribution in [0.5, 0.6) is 0 Å². The molecule has 0 aliphatic rings.